The molecular formula is C17H16N2S2. The molecular weight excluding hydrogens is 296 g/mol. The second kappa shape index (κ2) is 4.57. The fraction of sp³-hybridized carbons (Fsp3) is 0.294. The summed E-state index contributed by atoms with van der Waals surface area (Å²) >= 11 is 3.85. The van der Waals surface area contributed by atoms with Gasteiger partial charge in [0.1, 0.15) is 5.00 Å². The maximum absolute atomic E-state index is 3.79. The zero-order valence-electron chi connectivity index (χ0n) is 11.6. The van der Waals surface area contributed by atoms with Gasteiger partial charge in [0.15, 0.2) is 0 Å². The van der Waals surface area contributed by atoms with Crippen molar-refractivity contribution >= 4 is 22.7 Å². The molecule has 0 saturated carbocycles. The van der Waals surface area contributed by atoms with Gasteiger partial charge in [0.2, 0.25) is 0 Å². The van der Waals surface area contributed by atoms with E-state index in [2.05, 4.69) is 45.7 Å². The molecule has 5 rings (SSSR count). The van der Waals surface area contributed by atoms with E-state index in [-0.39, 0.29) is 0 Å². The molecule has 0 bridgehead atoms. The zero-order chi connectivity index (χ0) is 13.8. The molecule has 21 heavy (non-hydrogen) atoms. The molecule has 0 aromatic carbocycles. The molecule has 2 aliphatic rings. The molecule has 3 aromatic rings. The van der Waals surface area contributed by atoms with E-state index in [1.165, 1.54) is 34.8 Å². The van der Waals surface area contributed by atoms with E-state index in [0.29, 0.717) is 6.04 Å². The Morgan fingerprint density at radius 1 is 1.14 bits per heavy atom. The quantitative estimate of drug-likeness (QED) is 0.709. The monoisotopic (exact) mass is 312 g/mol. The van der Waals surface area contributed by atoms with E-state index in [4.69, 9.17) is 0 Å². The van der Waals surface area contributed by atoms with Crippen molar-refractivity contribution in [3.63, 3.8) is 0 Å². The molecule has 3 aromatic heterocycles. The number of hydrogen-bond acceptors (Lipinski definition) is 3. The van der Waals surface area contributed by atoms with Crippen molar-refractivity contribution < 1.29 is 0 Å². The fourth-order valence-electron chi connectivity index (χ4n) is 3.66. The first kappa shape index (κ1) is 12.2. The number of thiophene rings is 2. The molecule has 1 N–H and O–H groups in total. The highest BCUT2D eigenvalue weighted by atomic mass is 32.1. The number of fused-ring (bicyclic) bond motifs is 5. The van der Waals surface area contributed by atoms with Gasteiger partial charge in [-0.3, -0.25) is 0 Å². The van der Waals surface area contributed by atoms with Crippen LogP contribution in [0.3, 0.4) is 0 Å². The summed E-state index contributed by atoms with van der Waals surface area (Å²) in [5, 5.41) is 7.41. The van der Waals surface area contributed by atoms with Gasteiger partial charge >= 0.3 is 0 Å². The molecule has 1 atom stereocenters. The summed E-state index contributed by atoms with van der Waals surface area (Å²) in [5.41, 5.74) is 4.55. The van der Waals surface area contributed by atoms with Crippen LogP contribution >= 0.6 is 22.7 Å². The Labute approximate surface area is 132 Å². The van der Waals surface area contributed by atoms with Gasteiger partial charge in [-0.05, 0) is 48.4 Å². The van der Waals surface area contributed by atoms with Crippen LogP contribution in [-0.4, -0.2) is 4.57 Å². The molecule has 0 spiro atoms. The highest BCUT2D eigenvalue weighted by Gasteiger charge is 2.29. The maximum Gasteiger partial charge on any atom is 0.104 e. The molecule has 0 fully saturated rings. The Balaban J connectivity index is 1.70. The third kappa shape index (κ3) is 1.73. The number of rotatable bonds is 1. The molecule has 0 saturated heterocycles. The number of aryl methyl sites for hydroxylation is 1. The summed E-state index contributed by atoms with van der Waals surface area (Å²) in [6.07, 6.45) is 6.11. The second-order valence-corrected chi connectivity index (χ2v) is 7.84. The Bertz CT molecular complexity index is 795. The van der Waals surface area contributed by atoms with Gasteiger partial charge in [-0.2, -0.15) is 0 Å². The van der Waals surface area contributed by atoms with Crippen molar-refractivity contribution in [2.75, 3.05) is 0 Å². The predicted octanol–water partition coefficient (Wildman–Crippen LogP) is 4.28. The van der Waals surface area contributed by atoms with Crippen LogP contribution in [0, 0.1) is 0 Å². The normalized spacial score (nSPS) is 19.9. The lowest BCUT2D eigenvalue weighted by Crippen LogP contribution is -2.20. The molecule has 106 valence electrons. The number of hydrogen-bond donors (Lipinski definition) is 1. The highest BCUT2D eigenvalue weighted by molar-refractivity contribution is 7.15. The maximum atomic E-state index is 3.79. The van der Waals surface area contributed by atoms with E-state index in [1.54, 1.807) is 16.0 Å². The summed E-state index contributed by atoms with van der Waals surface area (Å²) in [4.78, 5) is 3.03. The largest absolute Gasteiger partial charge is 0.310 e. The van der Waals surface area contributed by atoms with Crippen LogP contribution in [0.15, 0.2) is 35.8 Å². The summed E-state index contributed by atoms with van der Waals surface area (Å²) < 4.78 is 2.42. The van der Waals surface area contributed by atoms with Crippen molar-refractivity contribution in [1.29, 1.82) is 0 Å². The van der Waals surface area contributed by atoms with Crippen LogP contribution in [0.5, 0.6) is 0 Å². The average Bonchev–Trinajstić information content (AvgIpc) is 3.22. The van der Waals surface area contributed by atoms with Crippen LogP contribution in [-0.2, 0) is 19.4 Å². The summed E-state index contributed by atoms with van der Waals surface area (Å²) in [6, 6.07) is 9.14. The van der Waals surface area contributed by atoms with Crippen molar-refractivity contribution in [3.05, 3.63) is 62.4 Å². The Morgan fingerprint density at radius 3 is 3.05 bits per heavy atom. The highest BCUT2D eigenvalue weighted by Crippen LogP contribution is 2.41. The Morgan fingerprint density at radius 2 is 2.14 bits per heavy atom. The van der Waals surface area contributed by atoms with Crippen molar-refractivity contribution in [3.8, 4) is 5.00 Å². The van der Waals surface area contributed by atoms with Gasteiger partial charge < -0.3 is 9.88 Å². The smallest absolute Gasteiger partial charge is 0.104 e. The average molecular weight is 312 g/mol. The van der Waals surface area contributed by atoms with Crippen LogP contribution in [0.1, 0.15) is 39.0 Å². The molecule has 0 amide bonds. The molecule has 1 unspecified atom stereocenters. The minimum atomic E-state index is 0.316. The van der Waals surface area contributed by atoms with Gasteiger partial charge in [-0.15, -0.1) is 22.7 Å². The van der Waals surface area contributed by atoms with Crippen molar-refractivity contribution in [2.24, 2.45) is 0 Å². The van der Waals surface area contributed by atoms with Crippen LogP contribution < -0.4 is 5.32 Å². The van der Waals surface area contributed by atoms with Gasteiger partial charge in [-0.1, -0.05) is 6.07 Å². The summed E-state index contributed by atoms with van der Waals surface area (Å²) in [6.45, 7) is 0.991. The van der Waals surface area contributed by atoms with Gasteiger partial charge in [-0.25, -0.2) is 0 Å². The summed E-state index contributed by atoms with van der Waals surface area (Å²) in [7, 11) is 0. The SMILES string of the molecule is c1csc(C2NCc3c(sc4c3CCC4)-n3cccc32)c1. The second-order valence-electron chi connectivity index (χ2n) is 5.77. The molecule has 2 nitrogen and oxygen atoms in total. The number of nitrogens with zero attached hydrogens (tertiary/aromatic N) is 1. The molecule has 4 heterocycles. The molecule has 4 heteroatoms. The van der Waals surface area contributed by atoms with E-state index >= 15 is 0 Å². The summed E-state index contributed by atoms with van der Waals surface area (Å²) in [5.74, 6) is 0. The fourth-order valence-corrected chi connectivity index (χ4v) is 5.88. The van der Waals surface area contributed by atoms with Crippen LogP contribution in [0.4, 0.5) is 0 Å². The predicted molar refractivity (Wildman–Crippen MR) is 88.7 cm³/mol. The van der Waals surface area contributed by atoms with Crippen LogP contribution in [0.2, 0.25) is 0 Å². The first-order chi connectivity index (χ1) is 10.4. The third-order valence-corrected chi connectivity index (χ3v) is 6.89. The van der Waals surface area contributed by atoms with E-state index in [1.807, 2.05) is 22.7 Å². The lowest BCUT2D eigenvalue weighted by atomic mass is 10.1. The van der Waals surface area contributed by atoms with E-state index in [9.17, 15) is 0 Å². The third-order valence-electron chi connectivity index (χ3n) is 4.62. The Hall–Kier alpha value is -1.36. The number of aromatic nitrogens is 1. The minimum absolute atomic E-state index is 0.316. The molecule has 1 aliphatic carbocycles. The Kier molecular flexibility index (Phi) is 2.66. The van der Waals surface area contributed by atoms with Gasteiger partial charge in [0.05, 0.1) is 6.04 Å². The van der Waals surface area contributed by atoms with Gasteiger partial charge in [0.25, 0.3) is 0 Å². The van der Waals surface area contributed by atoms with E-state index in [0.717, 1.165) is 6.54 Å². The zero-order valence-corrected chi connectivity index (χ0v) is 13.3. The lowest BCUT2D eigenvalue weighted by molar-refractivity contribution is 0.607. The number of nitrogens with one attached hydrogen (secondary N) is 1. The van der Waals surface area contributed by atoms with Crippen molar-refractivity contribution in [1.82, 2.24) is 9.88 Å². The van der Waals surface area contributed by atoms with Crippen LogP contribution in [0.25, 0.3) is 5.00 Å². The topological polar surface area (TPSA) is 17.0 Å². The first-order valence-corrected chi connectivity index (χ1v) is 9.19. The standard InChI is InChI=1S/C17H16N2S2/c1-4-11-12-10-18-16(15-7-3-9-20-15)13-5-2-8-19(13)17(12)21-14(11)6-1/h2-3,5,7-9,16,18H,1,4,6,10H2. The molecule has 1 aliphatic heterocycles. The van der Waals surface area contributed by atoms with Gasteiger partial charge in [0, 0.05) is 33.8 Å². The first-order valence-electron chi connectivity index (χ1n) is 7.49. The van der Waals surface area contributed by atoms with Crippen molar-refractivity contribution in [2.45, 2.75) is 31.8 Å². The minimum Gasteiger partial charge on any atom is -0.310 e. The molecule has 0 radical (unpaired) electrons. The lowest BCUT2D eigenvalue weighted by Gasteiger charge is -2.16. The van der Waals surface area contributed by atoms with E-state index < -0.39 is 0 Å².